The van der Waals surface area contributed by atoms with E-state index in [1.165, 1.54) is 0 Å². The van der Waals surface area contributed by atoms with Gasteiger partial charge in [0.25, 0.3) is 0 Å². The third-order valence-electron chi connectivity index (χ3n) is 4.74. The molecule has 3 aliphatic rings. The van der Waals surface area contributed by atoms with Gasteiger partial charge in [0.15, 0.2) is 11.4 Å². The molecule has 1 aliphatic carbocycles. The smallest absolute Gasteiger partial charge is 0.182 e. The molecule has 0 aromatic heterocycles. The number of para-hydroxylation sites is 1. The summed E-state index contributed by atoms with van der Waals surface area (Å²) in [6.45, 7) is 2.57. The van der Waals surface area contributed by atoms with Crippen molar-refractivity contribution in [3.63, 3.8) is 0 Å². The molecule has 3 atom stereocenters. The van der Waals surface area contributed by atoms with Crippen LogP contribution < -0.4 is 4.90 Å². The summed E-state index contributed by atoms with van der Waals surface area (Å²) in [5, 5.41) is 11.0. The number of aliphatic imine (C=N–C) groups is 1. The normalized spacial score (nSPS) is 33.2. The van der Waals surface area contributed by atoms with E-state index in [4.69, 9.17) is 4.99 Å². The molecule has 2 aliphatic heterocycles. The minimum Gasteiger partial charge on any atom is -0.374 e. The highest BCUT2D eigenvalue weighted by molar-refractivity contribution is 6.22. The Kier molecular flexibility index (Phi) is 2.84. The van der Waals surface area contributed by atoms with Crippen LogP contribution in [0.15, 0.2) is 59.1 Å². The summed E-state index contributed by atoms with van der Waals surface area (Å²) in [4.78, 5) is 19.5. The maximum absolute atomic E-state index is 12.8. The molecule has 0 amide bonds. The topological polar surface area (TPSA) is 52.9 Å². The summed E-state index contributed by atoms with van der Waals surface area (Å²) < 4.78 is 0. The number of rotatable bonds is 1. The van der Waals surface area contributed by atoms with Crippen molar-refractivity contribution in [3.05, 3.63) is 54.1 Å². The lowest BCUT2D eigenvalue weighted by atomic mass is 9.77. The minimum absolute atomic E-state index is 0.121. The number of Topliss-reactive ketones (excluding diaryl/α,β-unsaturated/α-hetero) is 1. The van der Waals surface area contributed by atoms with E-state index in [-0.39, 0.29) is 17.7 Å². The number of benzene rings is 1. The third-order valence-corrected chi connectivity index (χ3v) is 4.74. The first kappa shape index (κ1) is 13.5. The van der Waals surface area contributed by atoms with Gasteiger partial charge in [0.1, 0.15) is 5.84 Å². The number of carbonyl (C=O) groups excluding carboxylic acids is 1. The molecule has 1 saturated heterocycles. The zero-order valence-electron chi connectivity index (χ0n) is 12.4. The second-order valence-corrected chi connectivity index (χ2v) is 6.20. The number of aliphatic hydroxyl groups is 1. The molecular weight excluding hydrogens is 276 g/mol. The summed E-state index contributed by atoms with van der Waals surface area (Å²) in [7, 11) is 0. The van der Waals surface area contributed by atoms with E-state index < -0.39 is 5.60 Å². The number of anilines is 1. The fraction of sp³-hybridized carbons (Fsp3) is 0.333. The van der Waals surface area contributed by atoms with Crippen LogP contribution in [0, 0.1) is 5.92 Å². The summed E-state index contributed by atoms with van der Waals surface area (Å²) >= 11 is 0. The Labute approximate surface area is 129 Å². The van der Waals surface area contributed by atoms with Gasteiger partial charge in [-0.3, -0.25) is 9.79 Å². The molecule has 0 radical (unpaired) electrons. The number of amidine groups is 1. The summed E-state index contributed by atoms with van der Waals surface area (Å²) in [6, 6.07) is 9.61. The minimum atomic E-state index is -1.45. The number of allylic oxidation sites excluding steroid dienone is 2. The molecule has 4 nitrogen and oxygen atoms in total. The highest BCUT2D eigenvalue weighted by atomic mass is 16.3. The van der Waals surface area contributed by atoms with Gasteiger partial charge in [-0.15, -0.1) is 0 Å². The Morgan fingerprint density at radius 1 is 1.32 bits per heavy atom. The first-order valence-corrected chi connectivity index (χ1v) is 7.64. The molecule has 22 heavy (non-hydrogen) atoms. The number of ketones is 1. The molecule has 1 fully saturated rings. The lowest BCUT2D eigenvalue weighted by Gasteiger charge is -2.36. The highest BCUT2D eigenvalue weighted by Crippen LogP contribution is 2.38. The zero-order chi connectivity index (χ0) is 15.3. The summed E-state index contributed by atoms with van der Waals surface area (Å²) in [5.41, 5.74) is 0.573. The number of hydrogen-bond acceptors (Lipinski definition) is 4. The Morgan fingerprint density at radius 3 is 2.86 bits per heavy atom. The van der Waals surface area contributed by atoms with Crippen molar-refractivity contribution in [2.24, 2.45) is 10.9 Å². The predicted octanol–water partition coefficient (Wildman–Crippen LogP) is 2.11. The van der Waals surface area contributed by atoms with Crippen LogP contribution in [0.4, 0.5) is 5.69 Å². The van der Waals surface area contributed by atoms with Gasteiger partial charge in [0, 0.05) is 18.7 Å². The molecule has 1 aromatic rings. The van der Waals surface area contributed by atoms with E-state index in [1.54, 1.807) is 0 Å². The van der Waals surface area contributed by atoms with Crippen LogP contribution in [-0.4, -0.2) is 34.9 Å². The number of carbonyl (C=O) groups is 1. The Balaban J connectivity index is 1.80. The monoisotopic (exact) mass is 294 g/mol. The fourth-order valence-corrected chi connectivity index (χ4v) is 3.56. The second-order valence-electron chi connectivity index (χ2n) is 6.20. The average Bonchev–Trinajstić information content (AvgIpc) is 2.88. The Bertz CT molecular complexity index is 720. The maximum Gasteiger partial charge on any atom is 0.182 e. The summed E-state index contributed by atoms with van der Waals surface area (Å²) in [5.74, 6) is 0.0432. The zero-order valence-corrected chi connectivity index (χ0v) is 12.4. The van der Waals surface area contributed by atoms with Gasteiger partial charge in [-0.05, 0) is 19.1 Å². The van der Waals surface area contributed by atoms with E-state index in [1.807, 2.05) is 60.4 Å². The average molecular weight is 294 g/mol. The fourth-order valence-electron chi connectivity index (χ4n) is 3.56. The van der Waals surface area contributed by atoms with Crippen molar-refractivity contribution in [1.82, 2.24) is 0 Å². The van der Waals surface area contributed by atoms with Crippen LogP contribution in [0.2, 0.25) is 0 Å². The van der Waals surface area contributed by atoms with Gasteiger partial charge in [0.2, 0.25) is 0 Å². The van der Waals surface area contributed by atoms with Crippen molar-refractivity contribution < 1.29 is 9.90 Å². The van der Waals surface area contributed by atoms with Gasteiger partial charge < -0.3 is 10.0 Å². The van der Waals surface area contributed by atoms with Crippen LogP contribution >= 0.6 is 0 Å². The van der Waals surface area contributed by atoms with E-state index in [0.717, 1.165) is 11.3 Å². The standard InChI is InChI=1S/C18H18N2O2/c1-12-7-8-15-14(11-12)16(21)18(22)9-10-20(17(18)19-15)13-5-3-2-4-6-13/h2-8,11,14-15,22H,9-10H2,1H3/t14-,15-,18-/m1/s1. The van der Waals surface area contributed by atoms with Crippen molar-refractivity contribution in [2.45, 2.75) is 25.0 Å². The second kappa shape index (κ2) is 4.65. The molecule has 4 rings (SSSR count). The maximum atomic E-state index is 12.8. The quantitative estimate of drug-likeness (QED) is 0.863. The molecule has 0 unspecified atom stereocenters. The van der Waals surface area contributed by atoms with Gasteiger partial charge in [-0.2, -0.15) is 0 Å². The molecule has 112 valence electrons. The predicted molar refractivity (Wildman–Crippen MR) is 86.0 cm³/mol. The largest absolute Gasteiger partial charge is 0.374 e. The van der Waals surface area contributed by atoms with E-state index in [2.05, 4.69) is 0 Å². The SMILES string of the molecule is CC1=C[C@H]2C(=O)[C@]3(O)CCN(c4ccccc4)C3=N[C@@H]2C=C1. The van der Waals surface area contributed by atoms with E-state index in [0.29, 0.717) is 18.8 Å². The Hall–Kier alpha value is -2.20. The number of nitrogens with zero attached hydrogens (tertiary/aromatic N) is 2. The van der Waals surface area contributed by atoms with Crippen LogP contribution in [-0.2, 0) is 4.79 Å². The third kappa shape index (κ3) is 1.80. The highest BCUT2D eigenvalue weighted by Gasteiger charge is 2.55. The van der Waals surface area contributed by atoms with Crippen LogP contribution in [0.25, 0.3) is 0 Å². The number of hydrogen-bond donors (Lipinski definition) is 1. The van der Waals surface area contributed by atoms with Crippen molar-refractivity contribution in [2.75, 3.05) is 11.4 Å². The Morgan fingerprint density at radius 2 is 2.09 bits per heavy atom. The lowest BCUT2D eigenvalue weighted by Crippen LogP contribution is -2.55. The van der Waals surface area contributed by atoms with E-state index in [9.17, 15) is 9.90 Å². The summed E-state index contributed by atoms with van der Waals surface area (Å²) in [6.07, 6.45) is 6.28. The van der Waals surface area contributed by atoms with E-state index >= 15 is 0 Å². The molecule has 1 N–H and O–H groups in total. The first-order valence-electron chi connectivity index (χ1n) is 7.64. The van der Waals surface area contributed by atoms with Crippen LogP contribution in [0.1, 0.15) is 13.3 Å². The van der Waals surface area contributed by atoms with Crippen molar-refractivity contribution in [1.29, 1.82) is 0 Å². The molecular formula is C18H18N2O2. The molecule has 4 heteroatoms. The molecule has 0 bridgehead atoms. The van der Waals surface area contributed by atoms with Gasteiger partial charge in [0.05, 0.1) is 12.0 Å². The van der Waals surface area contributed by atoms with Gasteiger partial charge >= 0.3 is 0 Å². The van der Waals surface area contributed by atoms with Crippen molar-refractivity contribution >= 4 is 17.3 Å². The van der Waals surface area contributed by atoms with Crippen LogP contribution in [0.3, 0.4) is 0 Å². The van der Waals surface area contributed by atoms with Crippen LogP contribution in [0.5, 0.6) is 0 Å². The van der Waals surface area contributed by atoms with Crippen molar-refractivity contribution in [3.8, 4) is 0 Å². The van der Waals surface area contributed by atoms with Gasteiger partial charge in [-0.25, -0.2) is 0 Å². The first-order chi connectivity index (χ1) is 10.6. The number of fused-ring (bicyclic) bond motifs is 2. The van der Waals surface area contributed by atoms with Gasteiger partial charge in [-0.1, -0.05) is 42.0 Å². The molecule has 2 heterocycles. The molecule has 0 saturated carbocycles. The molecule has 0 spiro atoms. The molecule has 1 aromatic carbocycles. The lowest BCUT2D eigenvalue weighted by molar-refractivity contribution is -0.134.